The van der Waals surface area contributed by atoms with E-state index in [-0.39, 0.29) is 0 Å². The fourth-order valence-electron chi connectivity index (χ4n) is 0.721. The van der Waals surface area contributed by atoms with Crippen molar-refractivity contribution in [3.05, 3.63) is 0 Å². The van der Waals surface area contributed by atoms with Crippen LogP contribution in [0.3, 0.4) is 0 Å². The first-order valence-corrected chi connectivity index (χ1v) is 3.96. The molecule has 0 aromatic carbocycles. The molecule has 1 nitrogen and oxygen atoms in total. The van der Waals surface area contributed by atoms with Crippen molar-refractivity contribution in [3.63, 3.8) is 0 Å². The van der Waals surface area contributed by atoms with E-state index in [1.807, 2.05) is 0 Å². The van der Waals surface area contributed by atoms with E-state index >= 15 is 0 Å². The van der Waals surface area contributed by atoms with Gasteiger partial charge in [0, 0.05) is 12.1 Å². The molecule has 0 heterocycles. The molecular formula is C8H19N. The highest BCUT2D eigenvalue weighted by Gasteiger charge is 2.00. The summed E-state index contributed by atoms with van der Waals surface area (Å²) >= 11 is 0. The summed E-state index contributed by atoms with van der Waals surface area (Å²) < 4.78 is 0. The van der Waals surface area contributed by atoms with Crippen molar-refractivity contribution >= 4 is 0 Å². The van der Waals surface area contributed by atoms with Crippen LogP contribution in [0.4, 0.5) is 0 Å². The van der Waals surface area contributed by atoms with Gasteiger partial charge >= 0.3 is 0 Å². The van der Waals surface area contributed by atoms with Crippen LogP contribution in [0, 0.1) is 0 Å². The summed E-state index contributed by atoms with van der Waals surface area (Å²) in [6.45, 7) is 8.87. The summed E-state index contributed by atoms with van der Waals surface area (Å²) in [5.41, 5.74) is 0. The minimum absolute atomic E-state index is 0.681. The zero-order valence-electron chi connectivity index (χ0n) is 7.07. The van der Waals surface area contributed by atoms with Gasteiger partial charge in [-0.05, 0) is 26.7 Å². The molecule has 0 unspecified atom stereocenters. The van der Waals surface area contributed by atoms with Crippen molar-refractivity contribution < 1.29 is 0 Å². The van der Waals surface area contributed by atoms with Crippen LogP contribution in [0.1, 0.15) is 40.5 Å². The Hall–Kier alpha value is -0.0400. The van der Waals surface area contributed by atoms with Crippen LogP contribution in [0.25, 0.3) is 0 Å². The molecule has 9 heavy (non-hydrogen) atoms. The van der Waals surface area contributed by atoms with E-state index < -0.39 is 0 Å². The third kappa shape index (κ3) is 4.46. The zero-order valence-corrected chi connectivity index (χ0v) is 7.07. The minimum Gasteiger partial charge on any atom is -0.312 e. The highest BCUT2D eigenvalue weighted by Crippen LogP contribution is 1.93. The maximum Gasteiger partial charge on any atom is 0.00385 e. The van der Waals surface area contributed by atoms with E-state index in [9.17, 15) is 0 Å². The molecule has 0 rings (SSSR count). The van der Waals surface area contributed by atoms with Crippen molar-refractivity contribution in [2.75, 3.05) is 0 Å². The van der Waals surface area contributed by atoms with Crippen LogP contribution in [0.2, 0.25) is 0 Å². The summed E-state index contributed by atoms with van der Waals surface area (Å²) in [5, 5.41) is 3.48. The molecular weight excluding hydrogens is 110 g/mol. The first-order valence-electron chi connectivity index (χ1n) is 3.96. The summed E-state index contributed by atoms with van der Waals surface area (Å²) in [5.74, 6) is 0. The van der Waals surface area contributed by atoms with Gasteiger partial charge in [-0.3, -0.25) is 0 Å². The molecule has 0 aromatic rings. The standard InChI is InChI=1S/C8H19N/c1-5-7(3)9-8(4)6-2/h7-9H,5-6H2,1-4H3/t7-,8-/m0/s1. The monoisotopic (exact) mass is 129 g/mol. The maximum atomic E-state index is 3.48. The maximum absolute atomic E-state index is 3.48. The second-order valence-electron chi connectivity index (χ2n) is 2.79. The van der Waals surface area contributed by atoms with Gasteiger partial charge in [0.15, 0.2) is 0 Å². The Morgan fingerprint density at radius 1 is 1.00 bits per heavy atom. The van der Waals surface area contributed by atoms with Gasteiger partial charge in [-0.15, -0.1) is 0 Å². The Kier molecular flexibility index (Phi) is 4.78. The molecule has 0 radical (unpaired) electrons. The highest BCUT2D eigenvalue weighted by molar-refractivity contribution is 4.63. The fraction of sp³-hybridized carbons (Fsp3) is 1.00. The van der Waals surface area contributed by atoms with E-state index in [4.69, 9.17) is 0 Å². The highest BCUT2D eigenvalue weighted by atomic mass is 14.9. The summed E-state index contributed by atoms with van der Waals surface area (Å²) in [6, 6.07) is 1.36. The van der Waals surface area contributed by atoms with Crippen LogP contribution in [-0.2, 0) is 0 Å². The molecule has 1 N–H and O–H groups in total. The van der Waals surface area contributed by atoms with Crippen molar-refractivity contribution in [1.82, 2.24) is 5.32 Å². The lowest BCUT2D eigenvalue weighted by Gasteiger charge is -2.16. The number of nitrogens with one attached hydrogen (secondary N) is 1. The molecule has 2 atom stereocenters. The Morgan fingerprint density at radius 3 is 1.56 bits per heavy atom. The molecule has 0 aromatic heterocycles. The van der Waals surface area contributed by atoms with Gasteiger partial charge in [0.05, 0.1) is 0 Å². The SMILES string of the molecule is CC[C@H](C)N[C@@H](C)CC. The molecule has 0 bridgehead atoms. The van der Waals surface area contributed by atoms with Gasteiger partial charge in [-0.1, -0.05) is 13.8 Å². The quantitative estimate of drug-likeness (QED) is 0.613. The normalized spacial score (nSPS) is 17.3. The molecule has 0 saturated carbocycles. The molecule has 0 fully saturated rings. The lowest BCUT2D eigenvalue weighted by molar-refractivity contribution is 0.449. The van der Waals surface area contributed by atoms with Gasteiger partial charge in [0.1, 0.15) is 0 Å². The van der Waals surface area contributed by atoms with Crippen LogP contribution >= 0.6 is 0 Å². The molecule has 0 aliphatic carbocycles. The van der Waals surface area contributed by atoms with Gasteiger partial charge < -0.3 is 5.32 Å². The fourth-order valence-corrected chi connectivity index (χ4v) is 0.721. The first-order chi connectivity index (χ1) is 4.20. The number of hydrogen-bond donors (Lipinski definition) is 1. The lowest BCUT2D eigenvalue weighted by Crippen LogP contribution is -2.33. The predicted molar refractivity (Wildman–Crippen MR) is 42.6 cm³/mol. The summed E-state index contributed by atoms with van der Waals surface area (Å²) in [4.78, 5) is 0. The number of hydrogen-bond acceptors (Lipinski definition) is 1. The number of rotatable bonds is 4. The second kappa shape index (κ2) is 4.80. The average molecular weight is 129 g/mol. The summed E-state index contributed by atoms with van der Waals surface area (Å²) in [6.07, 6.45) is 2.45. The second-order valence-corrected chi connectivity index (χ2v) is 2.79. The van der Waals surface area contributed by atoms with Crippen LogP contribution < -0.4 is 5.32 Å². The molecule has 1 heteroatoms. The van der Waals surface area contributed by atoms with E-state index in [0.29, 0.717) is 12.1 Å². The van der Waals surface area contributed by atoms with E-state index in [0.717, 1.165) is 0 Å². The third-order valence-corrected chi connectivity index (χ3v) is 1.79. The van der Waals surface area contributed by atoms with Crippen LogP contribution in [0.5, 0.6) is 0 Å². The Morgan fingerprint density at radius 2 is 1.33 bits per heavy atom. The molecule has 0 aliphatic rings. The van der Waals surface area contributed by atoms with E-state index in [1.54, 1.807) is 0 Å². The molecule has 0 amide bonds. The van der Waals surface area contributed by atoms with Crippen molar-refractivity contribution in [2.24, 2.45) is 0 Å². The van der Waals surface area contributed by atoms with E-state index in [1.165, 1.54) is 12.8 Å². The predicted octanol–water partition coefficient (Wildman–Crippen LogP) is 2.17. The Labute approximate surface area is 58.8 Å². The van der Waals surface area contributed by atoms with Crippen LogP contribution in [0.15, 0.2) is 0 Å². The first kappa shape index (κ1) is 8.96. The van der Waals surface area contributed by atoms with Gasteiger partial charge in [0.2, 0.25) is 0 Å². The van der Waals surface area contributed by atoms with Crippen molar-refractivity contribution in [3.8, 4) is 0 Å². The largest absolute Gasteiger partial charge is 0.312 e. The molecule has 0 saturated heterocycles. The summed E-state index contributed by atoms with van der Waals surface area (Å²) in [7, 11) is 0. The topological polar surface area (TPSA) is 12.0 Å². The third-order valence-electron chi connectivity index (χ3n) is 1.79. The van der Waals surface area contributed by atoms with Gasteiger partial charge in [0.25, 0.3) is 0 Å². The minimum atomic E-state index is 0.681. The van der Waals surface area contributed by atoms with Crippen LogP contribution in [-0.4, -0.2) is 12.1 Å². The van der Waals surface area contributed by atoms with Gasteiger partial charge in [-0.25, -0.2) is 0 Å². The molecule has 0 aliphatic heterocycles. The molecule has 56 valence electrons. The Balaban J connectivity index is 3.22. The zero-order chi connectivity index (χ0) is 7.28. The molecule has 0 spiro atoms. The van der Waals surface area contributed by atoms with Crippen molar-refractivity contribution in [1.29, 1.82) is 0 Å². The smallest absolute Gasteiger partial charge is 0.00385 e. The van der Waals surface area contributed by atoms with Gasteiger partial charge in [-0.2, -0.15) is 0 Å². The van der Waals surface area contributed by atoms with Crippen molar-refractivity contribution in [2.45, 2.75) is 52.6 Å². The van der Waals surface area contributed by atoms with E-state index in [2.05, 4.69) is 33.0 Å². The lowest BCUT2D eigenvalue weighted by atomic mass is 10.2. The Bertz CT molecular complexity index is 53.6. The average Bonchev–Trinajstić information content (AvgIpc) is 1.87.